The number of nitrogens with zero attached hydrogens (tertiary/aromatic N) is 2. The SMILES string of the molecule is O=C(CC(=O)c1cccnc1)c1ccc([N+](=O)[O-])cc1. The van der Waals surface area contributed by atoms with Crippen LogP contribution in [0.5, 0.6) is 0 Å². The first-order chi connectivity index (χ1) is 9.58. The monoisotopic (exact) mass is 270 g/mol. The van der Waals surface area contributed by atoms with Crippen LogP contribution in [0.4, 0.5) is 5.69 Å². The third-order valence-corrected chi connectivity index (χ3v) is 2.70. The van der Waals surface area contributed by atoms with Crippen molar-refractivity contribution in [1.82, 2.24) is 4.98 Å². The number of carbonyl (C=O) groups excluding carboxylic acids is 2. The zero-order valence-electron chi connectivity index (χ0n) is 10.4. The van der Waals surface area contributed by atoms with Gasteiger partial charge in [-0.15, -0.1) is 0 Å². The summed E-state index contributed by atoms with van der Waals surface area (Å²) in [6.45, 7) is 0. The predicted molar refractivity (Wildman–Crippen MR) is 70.6 cm³/mol. The molecular weight excluding hydrogens is 260 g/mol. The van der Waals surface area contributed by atoms with Crippen LogP contribution in [-0.4, -0.2) is 21.5 Å². The Morgan fingerprint density at radius 3 is 2.25 bits per heavy atom. The van der Waals surface area contributed by atoms with Gasteiger partial charge < -0.3 is 0 Å². The van der Waals surface area contributed by atoms with E-state index in [4.69, 9.17) is 0 Å². The number of nitro groups is 1. The van der Waals surface area contributed by atoms with Crippen LogP contribution in [-0.2, 0) is 0 Å². The molecule has 6 heteroatoms. The lowest BCUT2D eigenvalue weighted by atomic mass is 10.0. The first kappa shape index (κ1) is 13.5. The van der Waals surface area contributed by atoms with Crippen molar-refractivity contribution in [3.05, 3.63) is 70.0 Å². The standard InChI is InChI=1S/C14H10N2O4/c17-13(8-14(18)11-2-1-7-15-9-11)10-3-5-12(6-4-10)16(19)20/h1-7,9H,8H2. The predicted octanol–water partition coefficient (Wildman–Crippen LogP) is 2.45. The van der Waals surface area contributed by atoms with Crippen LogP contribution >= 0.6 is 0 Å². The Kier molecular flexibility index (Phi) is 3.95. The Balaban J connectivity index is 2.08. The van der Waals surface area contributed by atoms with Crippen LogP contribution in [0.3, 0.4) is 0 Å². The van der Waals surface area contributed by atoms with Gasteiger partial charge in [-0.05, 0) is 24.3 Å². The topological polar surface area (TPSA) is 90.2 Å². The molecule has 0 atom stereocenters. The van der Waals surface area contributed by atoms with Gasteiger partial charge in [0.05, 0.1) is 11.3 Å². The Hall–Kier alpha value is -2.89. The molecule has 0 spiro atoms. The normalized spacial score (nSPS) is 10.0. The van der Waals surface area contributed by atoms with E-state index in [1.54, 1.807) is 12.1 Å². The second kappa shape index (κ2) is 5.83. The molecule has 0 unspecified atom stereocenters. The average Bonchev–Trinajstić information content (AvgIpc) is 2.48. The fourth-order valence-electron chi connectivity index (χ4n) is 1.65. The Labute approximate surface area is 114 Å². The smallest absolute Gasteiger partial charge is 0.269 e. The molecule has 0 saturated carbocycles. The van der Waals surface area contributed by atoms with Gasteiger partial charge in [0.1, 0.15) is 0 Å². The minimum Gasteiger partial charge on any atom is -0.294 e. The van der Waals surface area contributed by atoms with Gasteiger partial charge in [0.2, 0.25) is 0 Å². The number of aromatic nitrogens is 1. The number of benzene rings is 1. The summed E-state index contributed by atoms with van der Waals surface area (Å²) in [5.74, 6) is -0.713. The number of pyridine rings is 1. The van der Waals surface area contributed by atoms with E-state index in [0.717, 1.165) is 0 Å². The van der Waals surface area contributed by atoms with Crippen molar-refractivity contribution in [2.45, 2.75) is 6.42 Å². The lowest BCUT2D eigenvalue weighted by Gasteiger charge is -2.01. The largest absolute Gasteiger partial charge is 0.294 e. The van der Waals surface area contributed by atoms with Crippen LogP contribution in [0.1, 0.15) is 27.1 Å². The number of hydrogen-bond donors (Lipinski definition) is 0. The molecule has 0 aliphatic carbocycles. The van der Waals surface area contributed by atoms with Crippen LogP contribution in [0.25, 0.3) is 0 Å². The number of non-ortho nitro benzene ring substituents is 1. The Morgan fingerprint density at radius 1 is 1.05 bits per heavy atom. The van der Waals surface area contributed by atoms with E-state index in [1.807, 2.05) is 0 Å². The molecule has 6 nitrogen and oxygen atoms in total. The molecule has 0 N–H and O–H groups in total. The average molecular weight is 270 g/mol. The highest BCUT2D eigenvalue weighted by atomic mass is 16.6. The number of carbonyl (C=O) groups is 2. The van der Waals surface area contributed by atoms with E-state index >= 15 is 0 Å². The fraction of sp³-hybridized carbons (Fsp3) is 0.0714. The molecule has 0 saturated heterocycles. The molecular formula is C14H10N2O4. The van der Waals surface area contributed by atoms with Crippen LogP contribution < -0.4 is 0 Å². The molecule has 0 fully saturated rings. The second-order valence-electron chi connectivity index (χ2n) is 4.07. The van der Waals surface area contributed by atoms with Gasteiger partial charge in [-0.25, -0.2) is 0 Å². The number of nitro benzene ring substituents is 1. The third-order valence-electron chi connectivity index (χ3n) is 2.70. The maximum Gasteiger partial charge on any atom is 0.269 e. The number of Topliss-reactive ketones (excluding diaryl/α,β-unsaturated/α-hetero) is 2. The van der Waals surface area contributed by atoms with Crippen molar-refractivity contribution < 1.29 is 14.5 Å². The molecule has 1 aromatic heterocycles. The number of hydrogen-bond acceptors (Lipinski definition) is 5. The quantitative estimate of drug-likeness (QED) is 0.360. The highest BCUT2D eigenvalue weighted by Gasteiger charge is 2.14. The van der Waals surface area contributed by atoms with Gasteiger partial charge in [-0.1, -0.05) is 0 Å². The Bertz CT molecular complexity index is 651. The molecule has 0 bridgehead atoms. The summed E-state index contributed by atoms with van der Waals surface area (Å²) in [5.41, 5.74) is 0.538. The zero-order chi connectivity index (χ0) is 14.5. The van der Waals surface area contributed by atoms with Gasteiger partial charge >= 0.3 is 0 Å². The van der Waals surface area contributed by atoms with Gasteiger partial charge in [0.25, 0.3) is 5.69 Å². The summed E-state index contributed by atoms with van der Waals surface area (Å²) in [7, 11) is 0. The van der Waals surface area contributed by atoms with Gasteiger partial charge in [-0.2, -0.15) is 0 Å². The fourth-order valence-corrected chi connectivity index (χ4v) is 1.65. The minimum atomic E-state index is -0.547. The zero-order valence-corrected chi connectivity index (χ0v) is 10.4. The molecule has 2 aromatic rings. The van der Waals surface area contributed by atoms with E-state index in [0.29, 0.717) is 5.56 Å². The lowest BCUT2D eigenvalue weighted by molar-refractivity contribution is -0.384. The van der Waals surface area contributed by atoms with E-state index < -0.39 is 4.92 Å². The molecule has 0 aliphatic heterocycles. The molecule has 0 aliphatic rings. The van der Waals surface area contributed by atoms with Gasteiger partial charge in [0.15, 0.2) is 11.6 Å². The van der Waals surface area contributed by atoms with Crippen LogP contribution in [0.2, 0.25) is 0 Å². The molecule has 100 valence electrons. The molecule has 2 rings (SSSR count). The second-order valence-corrected chi connectivity index (χ2v) is 4.07. The van der Waals surface area contributed by atoms with Crippen LogP contribution in [0.15, 0.2) is 48.8 Å². The molecule has 20 heavy (non-hydrogen) atoms. The number of rotatable bonds is 5. The molecule has 0 amide bonds. The lowest BCUT2D eigenvalue weighted by Crippen LogP contribution is -2.08. The third kappa shape index (κ3) is 3.11. The first-order valence-corrected chi connectivity index (χ1v) is 5.79. The van der Waals surface area contributed by atoms with E-state index in [2.05, 4.69) is 4.98 Å². The highest BCUT2D eigenvalue weighted by molar-refractivity contribution is 6.13. The maximum atomic E-state index is 11.9. The summed E-state index contributed by atoms with van der Waals surface area (Å²) >= 11 is 0. The van der Waals surface area contributed by atoms with Crippen molar-refractivity contribution in [3.8, 4) is 0 Å². The summed E-state index contributed by atoms with van der Waals surface area (Å²) in [6, 6.07) is 8.36. The Morgan fingerprint density at radius 2 is 1.70 bits per heavy atom. The van der Waals surface area contributed by atoms with E-state index in [1.165, 1.54) is 36.7 Å². The molecule has 0 radical (unpaired) electrons. The molecule has 1 heterocycles. The van der Waals surface area contributed by atoms with Crippen molar-refractivity contribution in [3.63, 3.8) is 0 Å². The summed E-state index contributed by atoms with van der Waals surface area (Å²) in [4.78, 5) is 37.5. The van der Waals surface area contributed by atoms with Crippen molar-refractivity contribution in [2.75, 3.05) is 0 Å². The first-order valence-electron chi connectivity index (χ1n) is 5.79. The van der Waals surface area contributed by atoms with Crippen molar-refractivity contribution >= 4 is 17.3 Å². The van der Waals surface area contributed by atoms with Gasteiger partial charge in [-0.3, -0.25) is 24.7 Å². The van der Waals surface area contributed by atoms with Crippen molar-refractivity contribution in [1.29, 1.82) is 0 Å². The highest BCUT2D eigenvalue weighted by Crippen LogP contribution is 2.14. The van der Waals surface area contributed by atoms with E-state index in [9.17, 15) is 19.7 Å². The van der Waals surface area contributed by atoms with Crippen LogP contribution in [0, 0.1) is 10.1 Å². The molecule has 1 aromatic carbocycles. The van der Waals surface area contributed by atoms with E-state index in [-0.39, 0.29) is 29.2 Å². The summed E-state index contributed by atoms with van der Waals surface area (Å²) in [6.07, 6.45) is 2.64. The summed E-state index contributed by atoms with van der Waals surface area (Å²) in [5, 5.41) is 10.5. The number of ketones is 2. The van der Waals surface area contributed by atoms with Gasteiger partial charge in [0, 0.05) is 35.7 Å². The summed E-state index contributed by atoms with van der Waals surface area (Å²) < 4.78 is 0. The maximum absolute atomic E-state index is 11.9. The minimum absolute atomic E-state index is 0.0971. The van der Waals surface area contributed by atoms with Crippen molar-refractivity contribution in [2.24, 2.45) is 0 Å².